The van der Waals surface area contributed by atoms with Crippen molar-refractivity contribution in [3.8, 4) is 11.5 Å². The maximum atomic E-state index is 13.1. The van der Waals surface area contributed by atoms with Crippen LogP contribution in [0.1, 0.15) is 24.4 Å². The first-order chi connectivity index (χ1) is 15.5. The van der Waals surface area contributed by atoms with Crippen molar-refractivity contribution in [2.24, 2.45) is 0 Å². The standard InChI is InChI=1S/C23H28N2O5S2/c1-25(17(10-11-31-2)14-32-18-6-4-3-5-7-18)23(28)24-19(13-22(26)27)16-8-9-20-21(12-16)30-15-29-20/h3-9,12,17,19H,10-11,13-15H2,1-2H3,(H,24,28)(H,26,27)/t17-,19-/m0/s1. The summed E-state index contributed by atoms with van der Waals surface area (Å²) in [4.78, 5) is 27.4. The Bertz CT molecular complexity index is 913. The van der Waals surface area contributed by atoms with Gasteiger partial charge in [0.2, 0.25) is 6.79 Å². The molecule has 0 aromatic heterocycles. The van der Waals surface area contributed by atoms with Crippen LogP contribution in [-0.2, 0) is 4.79 Å². The molecule has 0 saturated heterocycles. The van der Waals surface area contributed by atoms with Gasteiger partial charge in [-0.05, 0) is 48.3 Å². The number of hydrogen-bond donors (Lipinski definition) is 2. The Labute approximate surface area is 196 Å². The third-order valence-corrected chi connectivity index (χ3v) is 6.99. The number of hydrogen-bond acceptors (Lipinski definition) is 6. The molecule has 1 aliphatic rings. The van der Waals surface area contributed by atoms with Gasteiger partial charge in [0.15, 0.2) is 11.5 Å². The molecule has 0 saturated carbocycles. The number of urea groups is 1. The fraction of sp³-hybridized carbons (Fsp3) is 0.391. The van der Waals surface area contributed by atoms with Crippen LogP contribution in [0.2, 0.25) is 0 Å². The summed E-state index contributed by atoms with van der Waals surface area (Å²) >= 11 is 3.45. The fourth-order valence-electron chi connectivity index (χ4n) is 3.33. The minimum absolute atomic E-state index is 0.00916. The van der Waals surface area contributed by atoms with Crippen LogP contribution in [0.25, 0.3) is 0 Å². The number of carboxylic acids is 1. The van der Waals surface area contributed by atoms with E-state index in [9.17, 15) is 14.7 Å². The highest BCUT2D eigenvalue weighted by Crippen LogP contribution is 2.35. The van der Waals surface area contributed by atoms with E-state index in [1.165, 1.54) is 0 Å². The number of benzene rings is 2. The Morgan fingerprint density at radius 3 is 2.62 bits per heavy atom. The zero-order valence-corrected chi connectivity index (χ0v) is 19.8. The fourth-order valence-corrected chi connectivity index (χ4v) is 4.96. The maximum Gasteiger partial charge on any atom is 0.317 e. The Kier molecular flexibility index (Phi) is 8.99. The van der Waals surface area contributed by atoms with Crippen molar-refractivity contribution < 1.29 is 24.2 Å². The van der Waals surface area contributed by atoms with E-state index in [0.717, 1.165) is 22.8 Å². The normalized spacial score (nSPS) is 13.9. The largest absolute Gasteiger partial charge is 0.481 e. The summed E-state index contributed by atoms with van der Waals surface area (Å²) < 4.78 is 10.7. The number of rotatable bonds is 11. The van der Waals surface area contributed by atoms with Gasteiger partial charge in [-0.3, -0.25) is 4.79 Å². The summed E-state index contributed by atoms with van der Waals surface area (Å²) in [5.41, 5.74) is 0.665. The smallest absolute Gasteiger partial charge is 0.317 e. The predicted octanol–water partition coefficient (Wildman–Crippen LogP) is 4.49. The van der Waals surface area contributed by atoms with Crippen molar-refractivity contribution in [3.05, 3.63) is 54.1 Å². The minimum atomic E-state index is -0.991. The molecule has 2 aromatic carbocycles. The number of amides is 2. The molecule has 32 heavy (non-hydrogen) atoms. The Hall–Kier alpha value is -2.52. The molecule has 0 radical (unpaired) electrons. The van der Waals surface area contributed by atoms with Crippen LogP contribution in [0.15, 0.2) is 53.4 Å². The van der Waals surface area contributed by atoms with E-state index in [-0.39, 0.29) is 25.3 Å². The zero-order chi connectivity index (χ0) is 22.9. The summed E-state index contributed by atoms with van der Waals surface area (Å²) in [5.74, 6) is 1.86. The van der Waals surface area contributed by atoms with Crippen molar-refractivity contribution in [1.82, 2.24) is 10.2 Å². The molecule has 0 aliphatic carbocycles. The predicted molar refractivity (Wildman–Crippen MR) is 128 cm³/mol. The van der Waals surface area contributed by atoms with E-state index in [1.54, 1.807) is 53.7 Å². The second kappa shape index (κ2) is 11.9. The average molecular weight is 477 g/mol. The first-order valence-electron chi connectivity index (χ1n) is 10.3. The van der Waals surface area contributed by atoms with Crippen molar-refractivity contribution in [1.29, 1.82) is 0 Å². The minimum Gasteiger partial charge on any atom is -0.481 e. The van der Waals surface area contributed by atoms with E-state index in [4.69, 9.17) is 9.47 Å². The summed E-state index contributed by atoms with van der Waals surface area (Å²) in [6, 6.07) is 14.3. The Balaban J connectivity index is 1.69. The third-order valence-electron chi connectivity index (χ3n) is 5.18. The molecule has 0 unspecified atom stereocenters. The highest BCUT2D eigenvalue weighted by atomic mass is 32.2. The molecule has 1 aliphatic heterocycles. The van der Waals surface area contributed by atoms with Crippen molar-refractivity contribution in [3.63, 3.8) is 0 Å². The van der Waals surface area contributed by atoms with Crippen LogP contribution in [-0.4, -0.2) is 59.7 Å². The highest BCUT2D eigenvalue weighted by Gasteiger charge is 2.26. The van der Waals surface area contributed by atoms with Gasteiger partial charge in [-0.15, -0.1) is 11.8 Å². The maximum absolute atomic E-state index is 13.1. The third kappa shape index (κ3) is 6.74. The van der Waals surface area contributed by atoms with Gasteiger partial charge in [0.1, 0.15) is 0 Å². The second-order valence-corrected chi connectivity index (χ2v) is 9.46. The van der Waals surface area contributed by atoms with E-state index in [0.29, 0.717) is 17.1 Å². The number of fused-ring (bicyclic) bond motifs is 1. The van der Waals surface area contributed by atoms with Crippen molar-refractivity contribution in [2.45, 2.75) is 29.8 Å². The zero-order valence-electron chi connectivity index (χ0n) is 18.2. The van der Waals surface area contributed by atoms with Gasteiger partial charge in [-0.1, -0.05) is 24.3 Å². The number of aliphatic carboxylic acids is 1. The molecule has 1 heterocycles. The molecule has 0 fully saturated rings. The van der Waals surface area contributed by atoms with E-state index in [1.807, 2.05) is 24.5 Å². The average Bonchev–Trinajstić information content (AvgIpc) is 3.26. The molecule has 0 spiro atoms. The van der Waals surface area contributed by atoms with Crippen LogP contribution in [0.3, 0.4) is 0 Å². The molecule has 7 nitrogen and oxygen atoms in total. The second-order valence-electron chi connectivity index (χ2n) is 7.38. The Morgan fingerprint density at radius 1 is 1.16 bits per heavy atom. The highest BCUT2D eigenvalue weighted by molar-refractivity contribution is 7.99. The molecule has 172 valence electrons. The summed E-state index contributed by atoms with van der Waals surface area (Å²) in [7, 11) is 1.77. The van der Waals surface area contributed by atoms with Gasteiger partial charge in [0.25, 0.3) is 0 Å². The van der Waals surface area contributed by atoms with E-state index >= 15 is 0 Å². The molecule has 2 aromatic rings. The molecular weight excluding hydrogens is 448 g/mol. The van der Waals surface area contributed by atoms with Crippen molar-refractivity contribution in [2.75, 3.05) is 31.6 Å². The molecule has 3 rings (SSSR count). The molecular formula is C23H28N2O5S2. The lowest BCUT2D eigenvalue weighted by Crippen LogP contribution is -2.46. The van der Waals surface area contributed by atoms with Crippen molar-refractivity contribution >= 4 is 35.5 Å². The Morgan fingerprint density at radius 2 is 1.91 bits per heavy atom. The van der Waals surface area contributed by atoms with Gasteiger partial charge in [0, 0.05) is 23.7 Å². The van der Waals surface area contributed by atoms with E-state index < -0.39 is 12.0 Å². The summed E-state index contributed by atoms with van der Waals surface area (Å²) in [6.07, 6.45) is 2.66. The first-order valence-corrected chi connectivity index (χ1v) is 12.7. The number of carbonyl (C=O) groups excluding carboxylic acids is 1. The van der Waals surface area contributed by atoms with Crippen LogP contribution in [0, 0.1) is 0 Å². The number of carbonyl (C=O) groups is 2. The molecule has 9 heteroatoms. The first kappa shape index (κ1) is 24.1. The lowest BCUT2D eigenvalue weighted by atomic mass is 10.0. The number of nitrogens with one attached hydrogen (secondary N) is 1. The molecule has 2 N–H and O–H groups in total. The number of nitrogens with zero attached hydrogens (tertiary/aromatic N) is 1. The number of ether oxygens (including phenoxy) is 2. The molecule has 0 bridgehead atoms. The van der Waals surface area contributed by atoms with Gasteiger partial charge in [-0.2, -0.15) is 11.8 Å². The monoisotopic (exact) mass is 476 g/mol. The van der Waals surface area contributed by atoms with E-state index in [2.05, 4.69) is 17.4 Å². The molecule has 2 amide bonds. The van der Waals surface area contributed by atoms with Crippen LogP contribution < -0.4 is 14.8 Å². The molecule has 2 atom stereocenters. The van der Waals surface area contributed by atoms with Crippen LogP contribution >= 0.6 is 23.5 Å². The van der Waals surface area contributed by atoms with Gasteiger partial charge in [0.05, 0.1) is 12.5 Å². The summed E-state index contributed by atoms with van der Waals surface area (Å²) in [6.45, 7) is 0.133. The quantitative estimate of drug-likeness (QED) is 0.462. The van der Waals surface area contributed by atoms with Crippen LogP contribution in [0.4, 0.5) is 4.79 Å². The summed E-state index contributed by atoms with van der Waals surface area (Å²) in [5, 5.41) is 12.3. The van der Waals surface area contributed by atoms with Crippen LogP contribution in [0.5, 0.6) is 11.5 Å². The number of carboxylic acid groups (broad SMARTS) is 1. The lowest BCUT2D eigenvalue weighted by Gasteiger charge is -2.30. The van der Waals surface area contributed by atoms with Gasteiger partial charge in [-0.25, -0.2) is 4.79 Å². The number of thioether (sulfide) groups is 2. The topological polar surface area (TPSA) is 88.1 Å². The van der Waals surface area contributed by atoms with Gasteiger partial charge < -0.3 is 24.8 Å². The lowest BCUT2D eigenvalue weighted by molar-refractivity contribution is -0.137. The SMILES string of the molecule is CSCC[C@@H](CSc1ccccc1)N(C)C(=O)N[C@@H](CC(=O)O)c1ccc2c(c1)OCO2. The van der Waals surface area contributed by atoms with Gasteiger partial charge >= 0.3 is 12.0 Å².